The van der Waals surface area contributed by atoms with Crippen molar-refractivity contribution in [3.05, 3.63) is 69.1 Å². The minimum atomic E-state index is -0.491. The lowest BCUT2D eigenvalue weighted by Gasteiger charge is -2.11. The number of amides is 1. The maximum absolute atomic E-state index is 11.8. The predicted octanol–water partition coefficient (Wildman–Crippen LogP) is 2.30. The molecule has 1 amide bonds. The number of carbonyl (C=O) groups is 1. The van der Waals surface area contributed by atoms with Gasteiger partial charge in [-0.1, -0.05) is 23.7 Å². The van der Waals surface area contributed by atoms with Crippen LogP contribution < -0.4 is 10.9 Å². The lowest BCUT2D eigenvalue weighted by atomic mass is 10.2. The molecule has 6 heteroatoms. The van der Waals surface area contributed by atoms with Crippen LogP contribution in [0.1, 0.15) is 11.3 Å². The first-order valence-corrected chi connectivity index (χ1v) is 6.51. The van der Waals surface area contributed by atoms with Gasteiger partial charge in [-0.25, -0.2) is 0 Å². The third kappa shape index (κ3) is 3.73. The van der Waals surface area contributed by atoms with Gasteiger partial charge in [0.1, 0.15) is 0 Å². The quantitative estimate of drug-likeness (QED) is 0.855. The van der Waals surface area contributed by atoms with Crippen molar-refractivity contribution in [2.45, 2.75) is 6.92 Å². The van der Waals surface area contributed by atoms with E-state index in [-0.39, 0.29) is 11.4 Å². The second-order valence-corrected chi connectivity index (χ2v) is 4.78. The molecule has 1 aromatic carbocycles. The standard InChI is InChI=1S/C15H13ClN2O3/c1-10-15(21)13(19)8-9-18(10)17-14(20)7-4-11-2-5-12(16)6-3-11/h2-9,21H,1H3,(H,17,20)/b7-4+. The summed E-state index contributed by atoms with van der Waals surface area (Å²) >= 11 is 5.77. The van der Waals surface area contributed by atoms with Crippen LogP contribution in [0.15, 0.2) is 47.4 Å². The Morgan fingerprint density at radius 3 is 2.62 bits per heavy atom. The smallest absolute Gasteiger partial charge is 0.262 e. The first-order chi connectivity index (χ1) is 9.97. The first kappa shape index (κ1) is 14.9. The molecule has 2 aromatic rings. The number of halogens is 1. The average Bonchev–Trinajstić information content (AvgIpc) is 2.47. The number of carbonyl (C=O) groups excluding carboxylic acids is 1. The Bertz CT molecular complexity index is 749. The van der Waals surface area contributed by atoms with E-state index in [2.05, 4.69) is 5.43 Å². The van der Waals surface area contributed by atoms with Gasteiger partial charge in [0.05, 0.1) is 5.69 Å². The Kier molecular flexibility index (Phi) is 4.45. The molecule has 1 aromatic heterocycles. The van der Waals surface area contributed by atoms with E-state index in [0.29, 0.717) is 5.02 Å². The molecule has 0 bridgehead atoms. The van der Waals surface area contributed by atoms with E-state index >= 15 is 0 Å². The number of pyridine rings is 1. The molecule has 0 aliphatic heterocycles. The van der Waals surface area contributed by atoms with Crippen LogP contribution in [0.4, 0.5) is 0 Å². The van der Waals surface area contributed by atoms with Crippen molar-refractivity contribution in [1.29, 1.82) is 0 Å². The molecule has 108 valence electrons. The Balaban J connectivity index is 2.10. The summed E-state index contributed by atoms with van der Waals surface area (Å²) in [5.41, 5.74) is 3.12. The lowest BCUT2D eigenvalue weighted by Crippen LogP contribution is -2.24. The van der Waals surface area contributed by atoms with Crippen LogP contribution in [0.2, 0.25) is 5.02 Å². The van der Waals surface area contributed by atoms with E-state index in [4.69, 9.17) is 11.6 Å². The van der Waals surface area contributed by atoms with E-state index < -0.39 is 11.3 Å². The fourth-order valence-electron chi connectivity index (χ4n) is 1.65. The van der Waals surface area contributed by atoms with Gasteiger partial charge >= 0.3 is 0 Å². The van der Waals surface area contributed by atoms with Crippen molar-refractivity contribution in [3.8, 4) is 5.75 Å². The molecule has 0 saturated heterocycles. The zero-order valence-electron chi connectivity index (χ0n) is 11.2. The van der Waals surface area contributed by atoms with Crippen molar-refractivity contribution in [2.24, 2.45) is 0 Å². The number of nitrogens with one attached hydrogen (secondary N) is 1. The number of aromatic hydroxyl groups is 1. The van der Waals surface area contributed by atoms with Crippen LogP contribution in [-0.4, -0.2) is 15.7 Å². The molecule has 21 heavy (non-hydrogen) atoms. The van der Waals surface area contributed by atoms with Crippen molar-refractivity contribution < 1.29 is 9.90 Å². The highest BCUT2D eigenvalue weighted by Crippen LogP contribution is 2.11. The second kappa shape index (κ2) is 6.28. The molecular weight excluding hydrogens is 292 g/mol. The zero-order valence-corrected chi connectivity index (χ0v) is 12.0. The van der Waals surface area contributed by atoms with Gasteiger partial charge in [0.2, 0.25) is 5.43 Å². The van der Waals surface area contributed by atoms with Crippen molar-refractivity contribution >= 4 is 23.6 Å². The van der Waals surface area contributed by atoms with Crippen LogP contribution in [0, 0.1) is 6.92 Å². The van der Waals surface area contributed by atoms with Crippen LogP contribution >= 0.6 is 11.6 Å². The minimum absolute atomic E-state index is 0.260. The Morgan fingerprint density at radius 2 is 1.95 bits per heavy atom. The summed E-state index contributed by atoms with van der Waals surface area (Å²) in [6.07, 6.45) is 4.35. The number of hydrogen-bond acceptors (Lipinski definition) is 3. The molecule has 0 aliphatic rings. The number of hydrogen-bond donors (Lipinski definition) is 2. The van der Waals surface area contributed by atoms with E-state index in [1.807, 2.05) is 0 Å². The van der Waals surface area contributed by atoms with E-state index in [1.54, 1.807) is 30.3 Å². The number of nitrogens with zero attached hydrogens (tertiary/aromatic N) is 1. The van der Waals surface area contributed by atoms with Crippen LogP contribution in [0.3, 0.4) is 0 Å². The molecule has 0 spiro atoms. The minimum Gasteiger partial charge on any atom is -0.503 e. The molecule has 1 heterocycles. The Labute approximate surface area is 126 Å². The molecule has 0 atom stereocenters. The summed E-state index contributed by atoms with van der Waals surface area (Å²) in [7, 11) is 0. The number of benzene rings is 1. The van der Waals surface area contributed by atoms with Crippen molar-refractivity contribution in [1.82, 2.24) is 4.68 Å². The number of aromatic nitrogens is 1. The van der Waals surface area contributed by atoms with Gasteiger partial charge in [-0.05, 0) is 30.7 Å². The first-order valence-electron chi connectivity index (χ1n) is 6.13. The largest absolute Gasteiger partial charge is 0.503 e. The van der Waals surface area contributed by atoms with Gasteiger partial charge in [0.25, 0.3) is 5.91 Å². The van der Waals surface area contributed by atoms with E-state index in [0.717, 1.165) is 5.56 Å². The summed E-state index contributed by atoms with van der Waals surface area (Å²) in [5.74, 6) is -0.782. The van der Waals surface area contributed by atoms with Crippen molar-refractivity contribution in [3.63, 3.8) is 0 Å². The summed E-state index contributed by atoms with van der Waals surface area (Å²) in [4.78, 5) is 23.0. The molecule has 0 unspecified atom stereocenters. The van der Waals surface area contributed by atoms with Gasteiger partial charge in [0.15, 0.2) is 5.75 Å². The monoisotopic (exact) mass is 304 g/mol. The van der Waals surface area contributed by atoms with Crippen LogP contribution in [0.5, 0.6) is 5.75 Å². The second-order valence-electron chi connectivity index (χ2n) is 4.34. The maximum Gasteiger partial charge on any atom is 0.262 e. The third-order valence-electron chi connectivity index (χ3n) is 2.84. The zero-order chi connectivity index (χ0) is 15.4. The highest BCUT2D eigenvalue weighted by atomic mass is 35.5. The Hall–Kier alpha value is -2.53. The maximum atomic E-state index is 11.8. The van der Waals surface area contributed by atoms with Gasteiger partial charge in [-0.3, -0.25) is 19.7 Å². The molecule has 0 saturated carbocycles. The topological polar surface area (TPSA) is 71.3 Å². The lowest BCUT2D eigenvalue weighted by molar-refractivity contribution is -0.112. The van der Waals surface area contributed by atoms with Gasteiger partial charge in [0, 0.05) is 23.4 Å². The fourth-order valence-corrected chi connectivity index (χ4v) is 1.77. The highest BCUT2D eigenvalue weighted by molar-refractivity contribution is 6.30. The molecule has 2 rings (SSSR count). The molecule has 0 fully saturated rings. The Morgan fingerprint density at radius 1 is 1.29 bits per heavy atom. The van der Waals surface area contributed by atoms with Gasteiger partial charge in [-0.2, -0.15) is 0 Å². The highest BCUT2D eigenvalue weighted by Gasteiger charge is 2.06. The van der Waals surface area contributed by atoms with E-state index in [1.165, 1.54) is 29.9 Å². The third-order valence-corrected chi connectivity index (χ3v) is 3.09. The molecular formula is C15H13ClN2O3. The normalized spacial score (nSPS) is 10.8. The molecule has 2 N–H and O–H groups in total. The van der Waals surface area contributed by atoms with Crippen molar-refractivity contribution in [2.75, 3.05) is 5.43 Å². The molecule has 0 aliphatic carbocycles. The molecule has 0 radical (unpaired) electrons. The SMILES string of the molecule is Cc1c(O)c(=O)ccn1NC(=O)/C=C/c1ccc(Cl)cc1. The fraction of sp³-hybridized carbons (Fsp3) is 0.0667. The number of rotatable bonds is 3. The van der Waals surface area contributed by atoms with Gasteiger partial charge < -0.3 is 5.11 Å². The van der Waals surface area contributed by atoms with Crippen LogP contribution in [-0.2, 0) is 4.79 Å². The summed E-state index contributed by atoms with van der Waals surface area (Å²) in [5, 5.41) is 10.1. The van der Waals surface area contributed by atoms with Gasteiger partial charge in [-0.15, -0.1) is 0 Å². The summed E-state index contributed by atoms with van der Waals surface area (Å²) in [6, 6.07) is 8.18. The summed E-state index contributed by atoms with van der Waals surface area (Å²) < 4.78 is 1.28. The predicted molar refractivity (Wildman–Crippen MR) is 82.0 cm³/mol. The van der Waals surface area contributed by atoms with Crippen LogP contribution in [0.25, 0.3) is 6.08 Å². The van der Waals surface area contributed by atoms with E-state index in [9.17, 15) is 14.7 Å². The molecule has 5 nitrogen and oxygen atoms in total. The average molecular weight is 305 g/mol. The summed E-state index contributed by atoms with van der Waals surface area (Å²) in [6.45, 7) is 1.53.